The lowest BCUT2D eigenvalue weighted by Gasteiger charge is -2.31. The zero-order valence-corrected chi connectivity index (χ0v) is 11.4. The van der Waals surface area contributed by atoms with Crippen molar-refractivity contribution in [1.29, 1.82) is 0 Å². The highest BCUT2D eigenvalue weighted by Gasteiger charge is 2.26. The molecule has 100 valence electrons. The maximum Gasteiger partial charge on any atom is 0.144 e. The molecular weight excluding hydrogens is 214 g/mol. The first-order valence-electron chi connectivity index (χ1n) is 6.69. The Bertz CT molecular complexity index is 263. The van der Waals surface area contributed by atoms with E-state index in [9.17, 15) is 0 Å². The van der Waals surface area contributed by atoms with E-state index in [0.29, 0.717) is 11.9 Å². The smallest absolute Gasteiger partial charge is 0.144 e. The Morgan fingerprint density at radius 2 is 2.12 bits per heavy atom. The van der Waals surface area contributed by atoms with Gasteiger partial charge in [-0.3, -0.25) is 0 Å². The van der Waals surface area contributed by atoms with Gasteiger partial charge in [-0.15, -0.1) is 0 Å². The topological polar surface area (TPSA) is 61.8 Å². The summed E-state index contributed by atoms with van der Waals surface area (Å²) in [5, 5.41) is 11.9. The molecule has 1 aliphatic rings. The molecule has 0 amide bonds. The summed E-state index contributed by atoms with van der Waals surface area (Å²) < 4.78 is 0. The van der Waals surface area contributed by atoms with Gasteiger partial charge in [0.1, 0.15) is 5.84 Å². The van der Waals surface area contributed by atoms with Crippen LogP contribution in [0.1, 0.15) is 52.9 Å². The Balaban J connectivity index is 2.48. The van der Waals surface area contributed by atoms with Gasteiger partial charge in [0.2, 0.25) is 0 Å². The minimum Gasteiger partial charge on any atom is -0.409 e. The van der Waals surface area contributed by atoms with E-state index in [4.69, 9.17) is 10.9 Å². The fourth-order valence-electron chi connectivity index (χ4n) is 2.35. The summed E-state index contributed by atoms with van der Waals surface area (Å²) in [6.07, 6.45) is 6.23. The van der Waals surface area contributed by atoms with Gasteiger partial charge in [0.15, 0.2) is 0 Å². The number of amidine groups is 1. The molecular formula is C13H27N3O. The third-order valence-corrected chi connectivity index (χ3v) is 4.02. The summed E-state index contributed by atoms with van der Waals surface area (Å²) in [5.41, 5.74) is 5.49. The van der Waals surface area contributed by atoms with Crippen molar-refractivity contribution in [1.82, 2.24) is 4.90 Å². The van der Waals surface area contributed by atoms with Crippen LogP contribution in [0.5, 0.6) is 0 Å². The van der Waals surface area contributed by atoms with E-state index >= 15 is 0 Å². The second-order valence-corrected chi connectivity index (χ2v) is 5.85. The van der Waals surface area contributed by atoms with Crippen LogP contribution in [0.15, 0.2) is 5.16 Å². The van der Waals surface area contributed by atoms with Crippen LogP contribution < -0.4 is 5.73 Å². The zero-order valence-electron chi connectivity index (χ0n) is 11.4. The second kappa shape index (κ2) is 6.24. The van der Waals surface area contributed by atoms with Gasteiger partial charge in [0, 0.05) is 11.5 Å². The normalized spacial score (nSPS) is 24.6. The van der Waals surface area contributed by atoms with E-state index in [1.807, 2.05) is 13.8 Å². The Hall–Kier alpha value is -0.770. The lowest BCUT2D eigenvalue weighted by Crippen LogP contribution is -2.39. The summed E-state index contributed by atoms with van der Waals surface area (Å²) >= 11 is 0. The highest BCUT2D eigenvalue weighted by Crippen LogP contribution is 2.23. The minimum atomic E-state index is -0.221. The minimum absolute atomic E-state index is 0.221. The first kappa shape index (κ1) is 14.3. The van der Waals surface area contributed by atoms with Crippen molar-refractivity contribution in [3.8, 4) is 0 Å². The van der Waals surface area contributed by atoms with E-state index in [1.165, 1.54) is 32.2 Å². The molecule has 1 rings (SSSR count). The van der Waals surface area contributed by atoms with Crippen LogP contribution in [0.4, 0.5) is 0 Å². The molecule has 0 aliphatic carbocycles. The SMILES string of the molecule is CC1CCCCCN1CCC(C)(C)C(N)=NO. The fraction of sp³-hybridized carbons (Fsp3) is 0.923. The lowest BCUT2D eigenvalue weighted by atomic mass is 9.87. The van der Waals surface area contributed by atoms with Crippen molar-refractivity contribution >= 4 is 5.84 Å². The van der Waals surface area contributed by atoms with Crippen molar-refractivity contribution in [2.75, 3.05) is 13.1 Å². The molecule has 0 aromatic carbocycles. The van der Waals surface area contributed by atoms with Gasteiger partial charge in [-0.05, 0) is 39.3 Å². The molecule has 0 aromatic rings. The van der Waals surface area contributed by atoms with Crippen molar-refractivity contribution in [2.45, 2.75) is 58.9 Å². The first-order valence-corrected chi connectivity index (χ1v) is 6.69. The molecule has 0 aromatic heterocycles. The number of rotatable bonds is 4. The number of likely N-dealkylation sites (tertiary alicyclic amines) is 1. The average Bonchev–Trinajstić information content (AvgIpc) is 2.50. The van der Waals surface area contributed by atoms with Crippen LogP contribution in [-0.4, -0.2) is 35.1 Å². The van der Waals surface area contributed by atoms with Crippen molar-refractivity contribution in [3.05, 3.63) is 0 Å². The van der Waals surface area contributed by atoms with Crippen LogP contribution in [0.2, 0.25) is 0 Å². The molecule has 1 aliphatic heterocycles. The number of nitrogens with two attached hydrogens (primary N) is 1. The van der Waals surface area contributed by atoms with Crippen LogP contribution in [0.3, 0.4) is 0 Å². The van der Waals surface area contributed by atoms with Crippen LogP contribution >= 0.6 is 0 Å². The summed E-state index contributed by atoms with van der Waals surface area (Å²) in [4.78, 5) is 2.54. The number of oxime groups is 1. The first-order chi connectivity index (χ1) is 7.97. The quantitative estimate of drug-likeness (QED) is 0.344. The zero-order chi connectivity index (χ0) is 12.9. The van der Waals surface area contributed by atoms with Crippen LogP contribution in [0, 0.1) is 5.41 Å². The van der Waals surface area contributed by atoms with Crippen molar-refractivity contribution < 1.29 is 5.21 Å². The molecule has 1 saturated heterocycles. The van der Waals surface area contributed by atoms with Crippen molar-refractivity contribution in [2.24, 2.45) is 16.3 Å². The predicted molar refractivity (Wildman–Crippen MR) is 71.3 cm³/mol. The molecule has 4 heteroatoms. The van der Waals surface area contributed by atoms with Gasteiger partial charge < -0.3 is 15.8 Å². The van der Waals surface area contributed by atoms with Gasteiger partial charge in [0.05, 0.1) is 0 Å². The monoisotopic (exact) mass is 241 g/mol. The summed E-state index contributed by atoms with van der Waals surface area (Å²) in [6.45, 7) is 8.59. The molecule has 0 spiro atoms. The Morgan fingerprint density at radius 1 is 1.41 bits per heavy atom. The average molecular weight is 241 g/mol. The molecule has 3 N–H and O–H groups in total. The third kappa shape index (κ3) is 4.19. The predicted octanol–water partition coefficient (Wildman–Crippen LogP) is 2.41. The molecule has 0 radical (unpaired) electrons. The van der Waals surface area contributed by atoms with Crippen molar-refractivity contribution in [3.63, 3.8) is 0 Å². The summed E-state index contributed by atoms with van der Waals surface area (Å²) in [5.74, 6) is 0.333. The molecule has 1 fully saturated rings. The van der Waals surface area contributed by atoms with E-state index < -0.39 is 0 Å². The highest BCUT2D eigenvalue weighted by molar-refractivity contribution is 5.85. The molecule has 1 atom stereocenters. The van der Waals surface area contributed by atoms with Gasteiger partial charge in [-0.25, -0.2) is 0 Å². The number of hydrogen-bond acceptors (Lipinski definition) is 3. The fourth-order valence-corrected chi connectivity index (χ4v) is 2.35. The van der Waals surface area contributed by atoms with E-state index in [-0.39, 0.29) is 5.41 Å². The second-order valence-electron chi connectivity index (χ2n) is 5.85. The lowest BCUT2D eigenvalue weighted by molar-refractivity contribution is 0.192. The standard InChI is InChI=1S/C13H27N3O/c1-11-7-5-4-6-9-16(11)10-8-13(2,3)12(14)15-17/h11,17H,4-10H2,1-3H3,(H2,14,15). The number of nitrogens with zero attached hydrogens (tertiary/aromatic N) is 2. The molecule has 1 unspecified atom stereocenters. The summed E-state index contributed by atoms with van der Waals surface area (Å²) in [6, 6.07) is 0.667. The maximum atomic E-state index is 8.75. The number of hydrogen-bond donors (Lipinski definition) is 2. The molecule has 4 nitrogen and oxygen atoms in total. The highest BCUT2D eigenvalue weighted by atomic mass is 16.4. The third-order valence-electron chi connectivity index (χ3n) is 4.02. The Kier molecular flexibility index (Phi) is 5.25. The van der Waals surface area contributed by atoms with Gasteiger partial charge in [-0.1, -0.05) is 31.8 Å². The molecule has 0 saturated carbocycles. The van der Waals surface area contributed by atoms with E-state index in [2.05, 4.69) is 17.0 Å². The van der Waals surface area contributed by atoms with E-state index in [1.54, 1.807) is 0 Å². The molecule has 1 heterocycles. The Labute approximate surface area is 105 Å². The van der Waals surface area contributed by atoms with Crippen LogP contribution in [-0.2, 0) is 0 Å². The molecule has 17 heavy (non-hydrogen) atoms. The van der Waals surface area contributed by atoms with E-state index in [0.717, 1.165) is 13.0 Å². The largest absolute Gasteiger partial charge is 0.409 e. The van der Waals surface area contributed by atoms with Gasteiger partial charge in [0.25, 0.3) is 0 Å². The summed E-state index contributed by atoms with van der Waals surface area (Å²) in [7, 11) is 0. The molecule has 0 bridgehead atoms. The Morgan fingerprint density at radius 3 is 2.76 bits per heavy atom. The maximum absolute atomic E-state index is 8.75. The van der Waals surface area contributed by atoms with Crippen LogP contribution in [0.25, 0.3) is 0 Å². The van der Waals surface area contributed by atoms with Gasteiger partial charge in [-0.2, -0.15) is 0 Å². The van der Waals surface area contributed by atoms with Gasteiger partial charge >= 0.3 is 0 Å².